The largest absolute Gasteiger partial charge is 0.351 e. The van der Waals surface area contributed by atoms with E-state index in [-0.39, 0.29) is 11.8 Å². The molecule has 0 radical (unpaired) electrons. The molecule has 0 amide bonds. The van der Waals surface area contributed by atoms with Gasteiger partial charge in [-0.1, -0.05) is 17.3 Å². The summed E-state index contributed by atoms with van der Waals surface area (Å²) in [6.45, 7) is 3.84. The molecule has 4 nitrogen and oxygen atoms in total. The smallest absolute Gasteiger partial charge is 0.318 e. The van der Waals surface area contributed by atoms with Gasteiger partial charge in [0, 0.05) is 0 Å². The Hall–Kier alpha value is -1.91. The summed E-state index contributed by atoms with van der Waals surface area (Å²) < 4.78 is 17.6. The van der Waals surface area contributed by atoms with Crippen molar-refractivity contribution in [2.24, 2.45) is 0 Å². The highest BCUT2D eigenvalue weighted by atomic mass is 19.1. The van der Waals surface area contributed by atoms with E-state index in [0.717, 1.165) is 5.56 Å². The zero-order chi connectivity index (χ0) is 11.8. The molecule has 16 heavy (non-hydrogen) atoms. The third kappa shape index (κ3) is 1.76. The van der Waals surface area contributed by atoms with Gasteiger partial charge in [-0.15, -0.1) is 0 Å². The molecule has 0 aliphatic carbocycles. The molecule has 0 aliphatic rings. The van der Waals surface area contributed by atoms with Gasteiger partial charge in [0.05, 0.1) is 5.41 Å². The lowest BCUT2D eigenvalue weighted by atomic mass is 9.84. The molecule has 0 atom stereocenters. The van der Waals surface area contributed by atoms with Crippen molar-refractivity contribution in [1.82, 2.24) is 10.1 Å². The van der Waals surface area contributed by atoms with Crippen LogP contribution in [0.3, 0.4) is 0 Å². The fraction of sp³-hybridized carbons (Fsp3) is 0.273. The van der Waals surface area contributed by atoms with Crippen molar-refractivity contribution in [1.29, 1.82) is 0 Å². The van der Waals surface area contributed by atoms with Gasteiger partial charge in [0.1, 0.15) is 5.82 Å². The molecule has 2 rings (SSSR count). The first-order valence-electron chi connectivity index (χ1n) is 4.86. The lowest BCUT2D eigenvalue weighted by Crippen LogP contribution is -2.20. The first kappa shape index (κ1) is 10.6. The molecule has 0 unspecified atom stereocenters. The highest BCUT2D eigenvalue weighted by Crippen LogP contribution is 2.29. The van der Waals surface area contributed by atoms with Crippen LogP contribution in [-0.2, 0) is 5.41 Å². The molecule has 0 bridgehead atoms. The number of halogens is 1. The Balaban J connectivity index is 2.42. The van der Waals surface area contributed by atoms with E-state index in [2.05, 4.69) is 10.1 Å². The third-order valence-corrected chi connectivity index (χ3v) is 2.57. The number of hydrogen-bond acceptors (Lipinski definition) is 4. The average Bonchev–Trinajstić information content (AvgIpc) is 2.66. The predicted molar refractivity (Wildman–Crippen MR) is 57.2 cm³/mol. The number of aromatic nitrogens is 2. The second-order valence-corrected chi connectivity index (χ2v) is 4.09. The van der Waals surface area contributed by atoms with Crippen LogP contribution in [0, 0.1) is 5.82 Å². The maximum absolute atomic E-state index is 12.8. The summed E-state index contributed by atoms with van der Waals surface area (Å²) >= 11 is 0. The Morgan fingerprint density at radius 3 is 2.38 bits per heavy atom. The number of rotatable bonds is 2. The van der Waals surface area contributed by atoms with Crippen molar-refractivity contribution in [3.63, 3.8) is 0 Å². The summed E-state index contributed by atoms with van der Waals surface area (Å²) in [4.78, 5) is 3.99. The highest BCUT2D eigenvalue weighted by molar-refractivity contribution is 5.31. The number of nitrogens with two attached hydrogens (primary N) is 1. The van der Waals surface area contributed by atoms with Gasteiger partial charge in [0.2, 0.25) is 0 Å². The predicted octanol–water partition coefficient (Wildman–Crippen LogP) is 2.12. The molecule has 0 saturated heterocycles. The zero-order valence-corrected chi connectivity index (χ0v) is 9.07. The van der Waals surface area contributed by atoms with Gasteiger partial charge in [-0.05, 0) is 31.5 Å². The second kappa shape index (κ2) is 3.59. The fourth-order valence-corrected chi connectivity index (χ4v) is 1.48. The average molecular weight is 221 g/mol. The van der Waals surface area contributed by atoms with E-state index in [9.17, 15) is 4.39 Å². The van der Waals surface area contributed by atoms with Gasteiger partial charge in [-0.25, -0.2) is 4.39 Å². The normalized spacial score (nSPS) is 11.7. The molecule has 1 aromatic heterocycles. The highest BCUT2D eigenvalue weighted by Gasteiger charge is 2.28. The van der Waals surface area contributed by atoms with E-state index in [4.69, 9.17) is 10.3 Å². The maximum Gasteiger partial charge on any atom is 0.318 e. The zero-order valence-electron chi connectivity index (χ0n) is 9.07. The molecular weight excluding hydrogens is 209 g/mol. The van der Waals surface area contributed by atoms with E-state index < -0.39 is 5.41 Å². The minimum atomic E-state index is -0.463. The molecule has 2 N–H and O–H groups in total. The Kier molecular flexibility index (Phi) is 2.38. The van der Waals surface area contributed by atoms with Crippen LogP contribution in [0.1, 0.15) is 25.2 Å². The number of nitrogen functional groups attached to an aromatic ring is 1. The van der Waals surface area contributed by atoms with Crippen LogP contribution in [0.15, 0.2) is 28.8 Å². The molecule has 0 aliphatic heterocycles. The van der Waals surface area contributed by atoms with Crippen LogP contribution in [0.4, 0.5) is 10.4 Å². The van der Waals surface area contributed by atoms with Crippen LogP contribution >= 0.6 is 0 Å². The Morgan fingerprint density at radius 1 is 1.25 bits per heavy atom. The van der Waals surface area contributed by atoms with Crippen molar-refractivity contribution >= 4 is 6.01 Å². The van der Waals surface area contributed by atoms with Gasteiger partial charge in [0.15, 0.2) is 5.82 Å². The summed E-state index contributed by atoms with van der Waals surface area (Å²) in [6.07, 6.45) is 0. The lowest BCUT2D eigenvalue weighted by Gasteiger charge is -2.20. The molecule has 5 heteroatoms. The van der Waals surface area contributed by atoms with Gasteiger partial charge in [-0.3, -0.25) is 0 Å². The standard InChI is InChI=1S/C11H12FN3O/c1-11(2,9-14-10(13)16-15-9)7-3-5-8(12)6-4-7/h3-6H,1-2H3,(H2,13,14,15). The molecule has 0 fully saturated rings. The number of anilines is 1. The van der Waals surface area contributed by atoms with Crippen LogP contribution in [0.25, 0.3) is 0 Å². The fourth-order valence-electron chi connectivity index (χ4n) is 1.48. The van der Waals surface area contributed by atoms with E-state index in [1.807, 2.05) is 13.8 Å². The van der Waals surface area contributed by atoms with Gasteiger partial charge >= 0.3 is 6.01 Å². The monoisotopic (exact) mass is 221 g/mol. The molecule has 2 aromatic rings. The van der Waals surface area contributed by atoms with Gasteiger partial charge < -0.3 is 10.3 Å². The minimum Gasteiger partial charge on any atom is -0.351 e. The molecule has 1 heterocycles. The second-order valence-electron chi connectivity index (χ2n) is 4.09. The van der Waals surface area contributed by atoms with Crippen LogP contribution < -0.4 is 5.73 Å². The third-order valence-electron chi connectivity index (χ3n) is 2.57. The summed E-state index contributed by atoms with van der Waals surface area (Å²) in [7, 11) is 0. The topological polar surface area (TPSA) is 64.9 Å². The Labute approximate surface area is 92.3 Å². The van der Waals surface area contributed by atoms with E-state index in [1.165, 1.54) is 12.1 Å². The number of benzene rings is 1. The Morgan fingerprint density at radius 2 is 1.88 bits per heavy atom. The molecule has 0 saturated carbocycles. The molecule has 1 aromatic carbocycles. The van der Waals surface area contributed by atoms with Crippen LogP contribution in [-0.4, -0.2) is 10.1 Å². The first-order chi connectivity index (χ1) is 7.50. The lowest BCUT2D eigenvalue weighted by molar-refractivity contribution is 0.411. The maximum atomic E-state index is 12.8. The number of nitrogens with zero attached hydrogens (tertiary/aromatic N) is 2. The number of hydrogen-bond donors (Lipinski definition) is 1. The van der Waals surface area contributed by atoms with Crippen LogP contribution in [0.5, 0.6) is 0 Å². The van der Waals surface area contributed by atoms with E-state index in [0.29, 0.717) is 5.82 Å². The summed E-state index contributed by atoms with van der Waals surface area (Å²) in [6, 6.07) is 6.23. The molecule has 0 spiro atoms. The van der Waals surface area contributed by atoms with Crippen molar-refractivity contribution in [2.45, 2.75) is 19.3 Å². The Bertz CT molecular complexity index is 490. The minimum absolute atomic E-state index is 0.0326. The van der Waals surface area contributed by atoms with Crippen molar-refractivity contribution in [3.8, 4) is 0 Å². The van der Waals surface area contributed by atoms with E-state index >= 15 is 0 Å². The molecule has 84 valence electrons. The summed E-state index contributed by atoms with van der Waals surface area (Å²) in [5, 5.41) is 3.78. The SMILES string of the molecule is CC(C)(c1ccc(F)cc1)c1noc(N)n1. The quantitative estimate of drug-likeness (QED) is 0.843. The first-order valence-corrected chi connectivity index (χ1v) is 4.86. The van der Waals surface area contributed by atoms with Crippen LogP contribution in [0.2, 0.25) is 0 Å². The summed E-state index contributed by atoms with van der Waals surface area (Å²) in [5.74, 6) is 0.212. The van der Waals surface area contributed by atoms with Gasteiger partial charge in [-0.2, -0.15) is 4.98 Å². The summed E-state index contributed by atoms with van der Waals surface area (Å²) in [5.41, 5.74) is 5.81. The molecular formula is C11H12FN3O. The van der Waals surface area contributed by atoms with Gasteiger partial charge in [0.25, 0.3) is 0 Å². The van der Waals surface area contributed by atoms with Crippen molar-refractivity contribution < 1.29 is 8.91 Å². The van der Waals surface area contributed by atoms with Crippen molar-refractivity contribution in [2.75, 3.05) is 5.73 Å². The van der Waals surface area contributed by atoms with E-state index in [1.54, 1.807) is 12.1 Å². The van der Waals surface area contributed by atoms with Crippen molar-refractivity contribution in [3.05, 3.63) is 41.5 Å².